The summed E-state index contributed by atoms with van der Waals surface area (Å²) >= 11 is 7.62. The zero-order valence-electron chi connectivity index (χ0n) is 19.1. The van der Waals surface area contributed by atoms with Crippen LogP contribution in [-0.4, -0.2) is 58.5 Å². The molecule has 11 heteroatoms. The summed E-state index contributed by atoms with van der Waals surface area (Å²) in [6.07, 6.45) is 3.53. The van der Waals surface area contributed by atoms with E-state index in [0.717, 1.165) is 36.4 Å². The molecule has 8 nitrogen and oxygen atoms in total. The highest BCUT2D eigenvalue weighted by molar-refractivity contribution is 7.99. The fourth-order valence-electron chi connectivity index (χ4n) is 4.31. The van der Waals surface area contributed by atoms with E-state index in [0.29, 0.717) is 28.7 Å². The Hall–Kier alpha value is -3.11. The van der Waals surface area contributed by atoms with Gasteiger partial charge >= 0.3 is 0 Å². The van der Waals surface area contributed by atoms with E-state index in [1.165, 1.54) is 33.7 Å². The molecule has 0 bridgehead atoms. The first-order chi connectivity index (χ1) is 16.9. The summed E-state index contributed by atoms with van der Waals surface area (Å²) in [6.45, 7) is 2.01. The van der Waals surface area contributed by atoms with Crippen LogP contribution in [0.4, 0.5) is 15.8 Å². The molecule has 182 valence electrons. The number of nitrogens with one attached hydrogen (secondary N) is 1. The number of hydrogen-bond acceptors (Lipinski definition) is 6. The van der Waals surface area contributed by atoms with Crippen LogP contribution >= 0.6 is 23.4 Å². The molecule has 35 heavy (non-hydrogen) atoms. The summed E-state index contributed by atoms with van der Waals surface area (Å²) in [5.41, 5.74) is 1.91. The SMILES string of the molecule is CN1C(=O)[C@@H](NC(=O)c2ncn(Cc3ccccc3Cl)n2)CSc2cc(N3CCCC3)c(F)cc21. The molecular weight excluding hydrogens is 491 g/mol. The van der Waals surface area contributed by atoms with Gasteiger partial charge in [0.2, 0.25) is 11.7 Å². The maximum atomic E-state index is 14.9. The molecule has 1 fully saturated rings. The van der Waals surface area contributed by atoms with Gasteiger partial charge in [0.1, 0.15) is 18.2 Å². The molecule has 5 rings (SSSR count). The molecule has 2 aliphatic rings. The number of hydrogen-bond donors (Lipinski definition) is 1. The number of amides is 2. The Bertz CT molecular complexity index is 1280. The Labute approximate surface area is 211 Å². The number of anilines is 2. The monoisotopic (exact) mass is 514 g/mol. The molecule has 2 amide bonds. The van der Waals surface area contributed by atoms with Crippen LogP contribution in [0.25, 0.3) is 0 Å². The molecule has 1 N–H and O–H groups in total. The van der Waals surface area contributed by atoms with E-state index < -0.39 is 11.9 Å². The number of halogens is 2. The third kappa shape index (κ3) is 4.85. The van der Waals surface area contributed by atoms with Crippen LogP contribution in [0.3, 0.4) is 0 Å². The van der Waals surface area contributed by atoms with Gasteiger partial charge in [-0.2, -0.15) is 0 Å². The summed E-state index contributed by atoms with van der Waals surface area (Å²) in [6, 6.07) is 9.78. The van der Waals surface area contributed by atoms with Crippen LogP contribution in [0.1, 0.15) is 29.0 Å². The first-order valence-corrected chi connectivity index (χ1v) is 12.7. The summed E-state index contributed by atoms with van der Waals surface area (Å²) in [4.78, 5) is 34.3. The highest BCUT2D eigenvalue weighted by atomic mass is 35.5. The van der Waals surface area contributed by atoms with Gasteiger partial charge in [-0.3, -0.25) is 9.59 Å². The minimum atomic E-state index is -0.807. The van der Waals surface area contributed by atoms with E-state index >= 15 is 0 Å². The maximum absolute atomic E-state index is 14.9. The summed E-state index contributed by atoms with van der Waals surface area (Å²) in [5.74, 6) is -0.949. The fourth-order valence-corrected chi connectivity index (χ4v) is 5.62. The first-order valence-electron chi connectivity index (χ1n) is 11.3. The molecule has 3 aromatic rings. The molecular formula is C24H24ClFN6O2S. The van der Waals surface area contributed by atoms with Crippen LogP contribution in [0.5, 0.6) is 0 Å². The van der Waals surface area contributed by atoms with Gasteiger partial charge < -0.3 is 15.1 Å². The average Bonchev–Trinajstić information content (AvgIpc) is 3.53. The quantitative estimate of drug-likeness (QED) is 0.560. The lowest BCUT2D eigenvalue weighted by atomic mass is 10.2. The van der Waals surface area contributed by atoms with Crippen molar-refractivity contribution in [3.05, 3.63) is 65.0 Å². The second-order valence-corrected chi connectivity index (χ2v) is 10.0. The lowest BCUT2D eigenvalue weighted by Crippen LogP contribution is -2.48. The molecule has 0 radical (unpaired) electrons. The number of carbonyl (C=O) groups is 2. The molecule has 2 aliphatic heterocycles. The minimum absolute atomic E-state index is 0.0402. The molecule has 0 unspecified atom stereocenters. The number of thioether (sulfide) groups is 1. The Balaban J connectivity index is 1.29. The van der Waals surface area contributed by atoms with Crippen molar-refractivity contribution in [1.82, 2.24) is 20.1 Å². The number of fused-ring (bicyclic) bond motifs is 1. The normalized spacial score (nSPS) is 17.9. The van der Waals surface area contributed by atoms with E-state index in [9.17, 15) is 14.0 Å². The number of benzene rings is 2. The number of aromatic nitrogens is 3. The van der Waals surface area contributed by atoms with Gasteiger partial charge in [0.05, 0.1) is 17.9 Å². The van der Waals surface area contributed by atoms with Gasteiger partial charge in [-0.15, -0.1) is 16.9 Å². The lowest BCUT2D eigenvalue weighted by Gasteiger charge is -2.23. The molecule has 1 aromatic heterocycles. The van der Waals surface area contributed by atoms with Gasteiger partial charge in [-0.25, -0.2) is 14.1 Å². The Kier molecular flexibility index (Phi) is 6.66. The van der Waals surface area contributed by atoms with E-state index in [4.69, 9.17) is 11.6 Å². The maximum Gasteiger partial charge on any atom is 0.291 e. The van der Waals surface area contributed by atoms with Gasteiger partial charge in [0.15, 0.2) is 0 Å². The van der Waals surface area contributed by atoms with Crippen molar-refractivity contribution in [2.75, 3.05) is 35.7 Å². The number of likely N-dealkylation sites (N-methyl/N-ethyl adjacent to an activating group) is 1. The van der Waals surface area contributed by atoms with Crippen LogP contribution in [0.2, 0.25) is 5.02 Å². The van der Waals surface area contributed by atoms with E-state index in [2.05, 4.69) is 15.4 Å². The standard InChI is InChI=1S/C24H24ClFN6O2S/c1-30-20-10-17(26)19(31-8-4-5-9-31)11-21(20)35-13-18(24(30)34)28-23(33)22-27-14-32(29-22)12-15-6-2-3-7-16(15)25/h2-3,6-7,10-11,14,18H,4-5,8-9,12-13H2,1H3,(H,28,33)/t18-/m0/s1. The van der Waals surface area contributed by atoms with Crippen molar-refractivity contribution < 1.29 is 14.0 Å². The zero-order chi connectivity index (χ0) is 24.5. The smallest absolute Gasteiger partial charge is 0.291 e. The molecule has 0 aliphatic carbocycles. The number of nitrogens with zero attached hydrogens (tertiary/aromatic N) is 5. The molecule has 3 heterocycles. The van der Waals surface area contributed by atoms with Gasteiger partial charge in [0.25, 0.3) is 5.91 Å². The fraction of sp³-hybridized carbons (Fsp3) is 0.333. The van der Waals surface area contributed by atoms with Crippen molar-refractivity contribution >= 4 is 46.6 Å². The third-order valence-corrected chi connectivity index (χ3v) is 7.71. The predicted molar refractivity (Wildman–Crippen MR) is 134 cm³/mol. The van der Waals surface area contributed by atoms with Crippen molar-refractivity contribution in [3.8, 4) is 0 Å². The second-order valence-electron chi connectivity index (χ2n) is 8.56. The first kappa shape index (κ1) is 23.6. The number of carbonyl (C=O) groups excluding carboxylic acids is 2. The van der Waals surface area contributed by atoms with Gasteiger partial charge in [-0.05, 0) is 30.5 Å². The van der Waals surface area contributed by atoms with E-state index in [1.54, 1.807) is 13.1 Å². The lowest BCUT2D eigenvalue weighted by molar-refractivity contribution is -0.119. The summed E-state index contributed by atoms with van der Waals surface area (Å²) in [5, 5.41) is 7.58. The van der Waals surface area contributed by atoms with Crippen LogP contribution in [0, 0.1) is 5.82 Å². The molecule has 2 aromatic carbocycles. The molecule has 0 spiro atoms. The van der Waals surface area contributed by atoms with E-state index in [1.807, 2.05) is 29.2 Å². The van der Waals surface area contributed by atoms with Crippen molar-refractivity contribution in [2.24, 2.45) is 0 Å². The molecule has 0 saturated carbocycles. The Morgan fingerprint density at radius 1 is 1.23 bits per heavy atom. The third-order valence-electron chi connectivity index (χ3n) is 6.21. The molecule has 1 saturated heterocycles. The average molecular weight is 515 g/mol. The van der Waals surface area contributed by atoms with Crippen molar-refractivity contribution in [1.29, 1.82) is 0 Å². The Morgan fingerprint density at radius 3 is 2.77 bits per heavy atom. The number of rotatable bonds is 5. The van der Waals surface area contributed by atoms with E-state index in [-0.39, 0.29) is 17.5 Å². The zero-order valence-corrected chi connectivity index (χ0v) is 20.7. The van der Waals surface area contributed by atoms with Crippen LogP contribution in [-0.2, 0) is 11.3 Å². The largest absolute Gasteiger partial charge is 0.369 e. The topological polar surface area (TPSA) is 83.4 Å². The second kappa shape index (κ2) is 9.87. The van der Waals surface area contributed by atoms with Crippen molar-refractivity contribution in [3.63, 3.8) is 0 Å². The Morgan fingerprint density at radius 2 is 2.00 bits per heavy atom. The highest BCUT2D eigenvalue weighted by Gasteiger charge is 2.32. The summed E-state index contributed by atoms with van der Waals surface area (Å²) in [7, 11) is 1.59. The minimum Gasteiger partial charge on any atom is -0.369 e. The van der Waals surface area contributed by atoms with Gasteiger partial charge in [-0.1, -0.05) is 29.8 Å². The van der Waals surface area contributed by atoms with Crippen LogP contribution < -0.4 is 15.1 Å². The van der Waals surface area contributed by atoms with Gasteiger partial charge in [0, 0.05) is 41.9 Å². The highest BCUT2D eigenvalue weighted by Crippen LogP contribution is 2.39. The predicted octanol–water partition coefficient (Wildman–Crippen LogP) is 3.59. The van der Waals surface area contributed by atoms with Crippen LogP contribution in [0.15, 0.2) is 47.6 Å². The molecule has 1 atom stereocenters. The summed E-state index contributed by atoms with van der Waals surface area (Å²) < 4.78 is 16.4. The van der Waals surface area contributed by atoms with Crippen molar-refractivity contribution in [2.45, 2.75) is 30.3 Å².